The number of carbonyl (C=O) groups excluding carboxylic acids is 2. The molecule has 27 heavy (non-hydrogen) atoms. The van der Waals surface area contributed by atoms with Gasteiger partial charge in [-0.05, 0) is 43.3 Å². The molecule has 3 heteroatoms. The molecule has 0 atom stereocenters. The fourth-order valence-corrected chi connectivity index (χ4v) is 2.44. The number of carbonyl (C=O) groups is 2. The number of ketones is 2. The van der Waals surface area contributed by atoms with Crippen LogP contribution in [0.4, 0.5) is 0 Å². The lowest BCUT2D eigenvalue weighted by Gasteiger charge is -2.08. The van der Waals surface area contributed by atoms with Crippen molar-refractivity contribution in [2.75, 3.05) is 0 Å². The standard InChI is InChI=1S/C21H16O3.C3H8/c1-15(22)19-9-5-6-10-20(19)21(23)16-11-13-18(14-12-16)24-17-7-3-2-4-8-17;1-3-2/h2-14H,1H3;3H2,1-2H3. The van der Waals surface area contributed by atoms with Gasteiger partial charge in [0.2, 0.25) is 0 Å². The summed E-state index contributed by atoms with van der Waals surface area (Å²) in [5, 5.41) is 0. The quantitative estimate of drug-likeness (QED) is 0.499. The summed E-state index contributed by atoms with van der Waals surface area (Å²) in [6.07, 6.45) is 1.25. The molecule has 3 rings (SSSR count). The molecule has 0 bridgehead atoms. The van der Waals surface area contributed by atoms with Gasteiger partial charge in [-0.3, -0.25) is 9.59 Å². The molecule has 0 unspecified atom stereocenters. The number of benzene rings is 3. The SMILES string of the molecule is CC(=O)c1ccccc1C(=O)c1ccc(Oc2ccccc2)cc1.CCC. The summed E-state index contributed by atoms with van der Waals surface area (Å²) in [5.41, 5.74) is 1.37. The first kappa shape index (κ1) is 20.1. The molecule has 3 aromatic carbocycles. The summed E-state index contributed by atoms with van der Waals surface area (Å²) in [4.78, 5) is 24.3. The van der Waals surface area contributed by atoms with Crippen LogP contribution in [-0.4, -0.2) is 11.6 Å². The van der Waals surface area contributed by atoms with Crippen LogP contribution in [0.2, 0.25) is 0 Å². The van der Waals surface area contributed by atoms with Gasteiger partial charge in [0.1, 0.15) is 11.5 Å². The van der Waals surface area contributed by atoms with Crippen LogP contribution in [-0.2, 0) is 0 Å². The number of Topliss-reactive ketones (excluding diaryl/α,β-unsaturated/α-hetero) is 1. The second kappa shape index (κ2) is 10.1. The van der Waals surface area contributed by atoms with Gasteiger partial charge in [-0.1, -0.05) is 62.7 Å². The van der Waals surface area contributed by atoms with Crippen LogP contribution in [0.3, 0.4) is 0 Å². The van der Waals surface area contributed by atoms with E-state index in [0.29, 0.717) is 22.4 Å². The maximum absolute atomic E-state index is 12.6. The van der Waals surface area contributed by atoms with Crippen molar-refractivity contribution in [2.24, 2.45) is 0 Å². The van der Waals surface area contributed by atoms with Crippen molar-refractivity contribution in [1.82, 2.24) is 0 Å². The Morgan fingerprint density at radius 3 is 1.74 bits per heavy atom. The molecule has 0 aliphatic rings. The molecule has 0 saturated heterocycles. The van der Waals surface area contributed by atoms with Crippen LogP contribution in [0.15, 0.2) is 78.9 Å². The van der Waals surface area contributed by atoms with Crippen LogP contribution in [0, 0.1) is 0 Å². The van der Waals surface area contributed by atoms with Crippen molar-refractivity contribution in [3.63, 3.8) is 0 Å². The molecule has 0 spiro atoms. The van der Waals surface area contributed by atoms with Crippen molar-refractivity contribution in [3.05, 3.63) is 95.6 Å². The summed E-state index contributed by atoms with van der Waals surface area (Å²) in [6.45, 7) is 5.71. The molecule has 0 heterocycles. The van der Waals surface area contributed by atoms with E-state index in [1.54, 1.807) is 48.5 Å². The normalized spacial score (nSPS) is 9.74. The molecule has 0 radical (unpaired) electrons. The summed E-state index contributed by atoms with van der Waals surface area (Å²) >= 11 is 0. The first-order chi connectivity index (χ1) is 13.1. The van der Waals surface area contributed by atoms with Gasteiger partial charge in [0.25, 0.3) is 0 Å². The Bertz CT molecular complexity index is 881. The van der Waals surface area contributed by atoms with Crippen LogP contribution < -0.4 is 4.74 Å². The molecule has 0 fully saturated rings. The van der Waals surface area contributed by atoms with E-state index in [0.717, 1.165) is 5.75 Å². The predicted molar refractivity (Wildman–Crippen MR) is 109 cm³/mol. The molecule has 0 amide bonds. The average Bonchev–Trinajstić information content (AvgIpc) is 2.69. The van der Waals surface area contributed by atoms with Crippen molar-refractivity contribution in [2.45, 2.75) is 27.2 Å². The molecule has 0 aliphatic carbocycles. The van der Waals surface area contributed by atoms with Crippen molar-refractivity contribution < 1.29 is 14.3 Å². The summed E-state index contributed by atoms with van der Waals surface area (Å²) in [6, 6.07) is 23.2. The lowest BCUT2D eigenvalue weighted by Crippen LogP contribution is -2.08. The summed E-state index contributed by atoms with van der Waals surface area (Å²) < 4.78 is 5.72. The lowest BCUT2D eigenvalue weighted by molar-refractivity contribution is 0.0990. The number of para-hydroxylation sites is 1. The summed E-state index contributed by atoms with van der Waals surface area (Å²) in [5.74, 6) is 1.09. The van der Waals surface area contributed by atoms with Gasteiger partial charge >= 0.3 is 0 Å². The highest BCUT2D eigenvalue weighted by Gasteiger charge is 2.15. The molecular weight excluding hydrogens is 336 g/mol. The highest BCUT2D eigenvalue weighted by Crippen LogP contribution is 2.22. The first-order valence-electron chi connectivity index (χ1n) is 9.04. The molecule has 0 aromatic heterocycles. The number of ether oxygens (including phenoxy) is 1. The van der Waals surface area contributed by atoms with Crippen LogP contribution in [0.1, 0.15) is 53.5 Å². The Morgan fingerprint density at radius 1 is 0.704 bits per heavy atom. The predicted octanol–water partition coefficient (Wildman–Crippen LogP) is 6.33. The molecular formula is C24H24O3. The van der Waals surface area contributed by atoms with E-state index in [9.17, 15) is 9.59 Å². The van der Waals surface area contributed by atoms with Crippen molar-refractivity contribution in [3.8, 4) is 11.5 Å². The Labute approximate surface area is 160 Å². The van der Waals surface area contributed by atoms with Crippen molar-refractivity contribution >= 4 is 11.6 Å². The third kappa shape index (κ3) is 5.65. The Hall–Kier alpha value is -3.20. The van der Waals surface area contributed by atoms with Gasteiger partial charge in [0.15, 0.2) is 11.6 Å². The minimum absolute atomic E-state index is 0.122. The molecule has 0 saturated carbocycles. The fourth-order valence-electron chi connectivity index (χ4n) is 2.44. The average molecular weight is 360 g/mol. The van der Waals surface area contributed by atoms with E-state index >= 15 is 0 Å². The zero-order valence-electron chi connectivity index (χ0n) is 15.9. The maximum Gasteiger partial charge on any atom is 0.193 e. The Morgan fingerprint density at radius 2 is 1.19 bits per heavy atom. The van der Waals surface area contributed by atoms with Gasteiger partial charge in [0.05, 0.1) is 0 Å². The smallest absolute Gasteiger partial charge is 0.193 e. The lowest BCUT2D eigenvalue weighted by atomic mass is 9.96. The van der Waals surface area contributed by atoms with E-state index < -0.39 is 0 Å². The fraction of sp³-hybridized carbons (Fsp3) is 0.167. The molecule has 138 valence electrons. The van der Waals surface area contributed by atoms with Gasteiger partial charge in [-0.25, -0.2) is 0 Å². The Balaban J connectivity index is 0.000000817. The Kier molecular flexibility index (Phi) is 7.50. The van der Waals surface area contributed by atoms with Gasteiger partial charge in [-0.15, -0.1) is 0 Å². The molecule has 3 nitrogen and oxygen atoms in total. The second-order valence-corrected chi connectivity index (χ2v) is 6.08. The largest absolute Gasteiger partial charge is 0.457 e. The van der Waals surface area contributed by atoms with Crippen LogP contribution in [0.5, 0.6) is 11.5 Å². The van der Waals surface area contributed by atoms with Crippen LogP contribution in [0.25, 0.3) is 0 Å². The highest BCUT2D eigenvalue weighted by atomic mass is 16.5. The van der Waals surface area contributed by atoms with Crippen molar-refractivity contribution in [1.29, 1.82) is 0 Å². The highest BCUT2D eigenvalue weighted by molar-refractivity contribution is 6.15. The minimum atomic E-state index is -0.174. The van der Waals surface area contributed by atoms with E-state index in [4.69, 9.17) is 4.74 Å². The third-order valence-electron chi connectivity index (χ3n) is 3.65. The van der Waals surface area contributed by atoms with Crippen LogP contribution >= 0.6 is 0 Å². The molecule has 0 aliphatic heterocycles. The molecule has 3 aromatic rings. The number of hydrogen-bond donors (Lipinski definition) is 0. The zero-order chi connectivity index (χ0) is 19.6. The monoisotopic (exact) mass is 360 g/mol. The maximum atomic E-state index is 12.6. The van der Waals surface area contributed by atoms with E-state index in [2.05, 4.69) is 13.8 Å². The first-order valence-corrected chi connectivity index (χ1v) is 9.04. The van der Waals surface area contributed by atoms with E-state index in [-0.39, 0.29) is 11.6 Å². The minimum Gasteiger partial charge on any atom is -0.457 e. The van der Waals surface area contributed by atoms with Gasteiger partial charge in [0, 0.05) is 16.7 Å². The third-order valence-corrected chi connectivity index (χ3v) is 3.65. The van der Waals surface area contributed by atoms with E-state index in [1.165, 1.54) is 13.3 Å². The molecule has 0 N–H and O–H groups in total. The topological polar surface area (TPSA) is 43.4 Å². The number of hydrogen-bond acceptors (Lipinski definition) is 3. The van der Waals surface area contributed by atoms with Gasteiger partial charge < -0.3 is 4.74 Å². The summed E-state index contributed by atoms with van der Waals surface area (Å²) in [7, 11) is 0. The number of rotatable bonds is 5. The van der Waals surface area contributed by atoms with E-state index in [1.807, 2.05) is 30.3 Å². The second-order valence-electron chi connectivity index (χ2n) is 6.08. The van der Waals surface area contributed by atoms with Gasteiger partial charge in [-0.2, -0.15) is 0 Å². The zero-order valence-corrected chi connectivity index (χ0v) is 15.9.